The van der Waals surface area contributed by atoms with Gasteiger partial charge in [-0.1, -0.05) is 42.5 Å². The summed E-state index contributed by atoms with van der Waals surface area (Å²) in [6, 6.07) is 23.0. The molecule has 4 N–H and O–H groups in total. The third-order valence-electron chi connectivity index (χ3n) is 7.88. The fourth-order valence-electron chi connectivity index (χ4n) is 5.97. The minimum absolute atomic E-state index is 0.00866. The topological polar surface area (TPSA) is 112 Å². The van der Waals surface area contributed by atoms with Crippen LogP contribution in [0.25, 0.3) is 32.9 Å². The number of H-pyrrole nitrogens is 1. The van der Waals surface area contributed by atoms with Crippen molar-refractivity contribution in [3.05, 3.63) is 95.1 Å². The zero-order valence-corrected chi connectivity index (χ0v) is 21.2. The van der Waals surface area contributed by atoms with Crippen LogP contribution in [0.1, 0.15) is 31.8 Å². The van der Waals surface area contributed by atoms with Gasteiger partial charge in [-0.25, -0.2) is 4.79 Å². The van der Waals surface area contributed by atoms with E-state index < -0.39 is 5.91 Å². The Hall–Kier alpha value is -5.11. The van der Waals surface area contributed by atoms with Crippen molar-refractivity contribution < 1.29 is 14.4 Å². The van der Waals surface area contributed by atoms with Crippen LogP contribution in [0.4, 0.5) is 16.2 Å². The van der Waals surface area contributed by atoms with Crippen molar-refractivity contribution in [3.63, 3.8) is 0 Å². The van der Waals surface area contributed by atoms with E-state index in [0.29, 0.717) is 30.7 Å². The van der Waals surface area contributed by atoms with Crippen molar-refractivity contribution >= 4 is 51.0 Å². The summed E-state index contributed by atoms with van der Waals surface area (Å²) in [6.45, 7) is 3.73. The molecule has 7 rings (SSSR count). The zero-order chi connectivity index (χ0) is 26.8. The Balaban J connectivity index is 1.41. The number of carbonyl (C=O) groups is 3. The van der Waals surface area contributed by atoms with Crippen molar-refractivity contribution in [1.82, 2.24) is 10.3 Å². The first-order chi connectivity index (χ1) is 18.9. The molecule has 0 bridgehead atoms. The van der Waals surface area contributed by atoms with Crippen LogP contribution in [-0.2, 0) is 6.54 Å². The normalized spacial score (nSPS) is 14.9. The van der Waals surface area contributed by atoms with Crippen LogP contribution < -0.4 is 20.9 Å². The molecular formula is C31H25N5O3. The molecule has 8 nitrogen and oxygen atoms in total. The van der Waals surface area contributed by atoms with Gasteiger partial charge in [-0.15, -0.1) is 0 Å². The molecule has 4 aromatic carbocycles. The van der Waals surface area contributed by atoms with Crippen molar-refractivity contribution in [2.24, 2.45) is 5.73 Å². The van der Waals surface area contributed by atoms with E-state index in [0.717, 1.165) is 55.5 Å². The predicted octanol–water partition coefficient (Wildman–Crippen LogP) is 5.09. The van der Waals surface area contributed by atoms with Gasteiger partial charge in [0.1, 0.15) is 0 Å². The first-order valence-corrected chi connectivity index (χ1v) is 12.9. The lowest BCUT2D eigenvalue weighted by Gasteiger charge is -2.21. The molecule has 1 fully saturated rings. The van der Waals surface area contributed by atoms with Crippen LogP contribution in [0.2, 0.25) is 0 Å². The smallest absolute Gasteiger partial charge is 0.321 e. The Morgan fingerprint density at radius 3 is 2.49 bits per heavy atom. The maximum atomic E-state index is 13.3. The highest BCUT2D eigenvalue weighted by atomic mass is 16.2. The molecule has 5 aromatic rings. The average Bonchev–Trinajstić information content (AvgIpc) is 3.63. The van der Waals surface area contributed by atoms with Gasteiger partial charge in [0.25, 0.3) is 11.8 Å². The molecule has 2 aliphatic heterocycles. The minimum Gasteiger partial charge on any atom is -0.366 e. The van der Waals surface area contributed by atoms with Gasteiger partial charge < -0.3 is 20.9 Å². The molecule has 0 radical (unpaired) electrons. The molecule has 1 aromatic heterocycles. The van der Waals surface area contributed by atoms with Crippen molar-refractivity contribution in [3.8, 4) is 11.1 Å². The monoisotopic (exact) mass is 515 g/mol. The van der Waals surface area contributed by atoms with Gasteiger partial charge in [-0.2, -0.15) is 0 Å². The highest BCUT2D eigenvalue weighted by molar-refractivity contribution is 6.21. The number of aromatic amines is 1. The number of primary amides is 1. The number of amides is 4. The number of carbonyl (C=O) groups excluding carboxylic acids is 3. The number of nitrogens with one attached hydrogen (secondary N) is 2. The van der Waals surface area contributed by atoms with Gasteiger partial charge >= 0.3 is 6.03 Å². The number of hydrogen-bond donors (Lipinski definition) is 3. The number of benzene rings is 4. The van der Waals surface area contributed by atoms with E-state index in [1.807, 2.05) is 78.6 Å². The first kappa shape index (κ1) is 23.0. The van der Waals surface area contributed by atoms with E-state index in [1.165, 1.54) is 0 Å². The molecule has 0 aliphatic carbocycles. The SMILES string of the molecule is Cc1c(-c2ccc(C(N)=O)c3[nH]c4cc(N5CCNC5=O)ccc4c23)cccc1N1Cc2ccccc2C1=O. The molecule has 2 aliphatic rings. The van der Waals surface area contributed by atoms with Crippen LogP contribution in [0.5, 0.6) is 0 Å². The average molecular weight is 516 g/mol. The second-order valence-corrected chi connectivity index (χ2v) is 10.0. The van der Waals surface area contributed by atoms with E-state index in [4.69, 9.17) is 5.73 Å². The Kier molecular flexibility index (Phi) is 5.00. The Labute approximate surface area is 224 Å². The van der Waals surface area contributed by atoms with Crippen LogP contribution in [0.3, 0.4) is 0 Å². The fourth-order valence-corrected chi connectivity index (χ4v) is 5.97. The van der Waals surface area contributed by atoms with E-state index in [1.54, 1.807) is 11.0 Å². The molecule has 0 atom stereocenters. The number of hydrogen-bond acceptors (Lipinski definition) is 3. The lowest BCUT2D eigenvalue weighted by atomic mass is 9.93. The molecule has 192 valence electrons. The molecule has 8 heteroatoms. The number of anilines is 2. The van der Waals surface area contributed by atoms with Crippen molar-refractivity contribution in [2.45, 2.75) is 13.5 Å². The third-order valence-corrected chi connectivity index (χ3v) is 7.88. The van der Waals surface area contributed by atoms with Gasteiger partial charge in [0.15, 0.2) is 0 Å². The largest absolute Gasteiger partial charge is 0.366 e. The van der Waals surface area contributed by atoms with Crippen LogP contribution in [0.15, 0.2) is 72.8 Å². The number of nitrogens with zero attached hydrogens (tertiary/aromatic N) is 2. The summed E-state index contributed by atoms with van der Waals surface area (Å²) in [5.74, 6) is -0.534. The molecule has 0 saturated carbocycles. The van der Waals surface area contributed by atoms with E-state index in [-0.39, 0.29) is 11.9 Å². The molecule has 1 saturated heterocycles. The summed E-state index contributed by atoms with van der Waals surface area (Å²) >= 11 is 0. The maximum Gasteiger partial charge on any atom is 0.321 e. The molecule has 0 unspecified atom stereocenters. The van der Waals surface area contributed by atoms with Gasteiger partial charge in [0.2, 0.25) is 0 Å². The van der Waals surface area contributed by atoms with Gasteiger partial charge in [0.05, 0.1) is 17.6 Å². The fraction of sp³-hybridized carbons (Fsp3) is 0.129. The highest BCUT2D eigenvalue weighted by Gasteiger charge is 2.30. The minimum atomic E-state index is -0.525. The summed E-state index contributed by atoms with van der Waals surface area (Å²) in [5, 5.41) is 4.62. The summed E-state index contributed by atoms with van der Waals surface area (Å²) in [5.41, 5.74) is 13.8. The Bertz CT molecular complexity index is 1870. The molecule has 4 amide bonds. The molecule has 3 heterocycles. The Morgan fingerprint density at radius 1 is 0.897 bits per heavy atom. The number of urea groups is 1. The van der Waals surface area contributed by atoms with Gasteiger partial charge in [-0.05, 0) is 59.5 Å². The first-order valence-electron chi connectivity index (χ1n) is 12.9. The van der Waals surface area contributed by atoms with Crippen LogP contribution >= 0.6 is 0 Å². The highest BCUT2D eigenvalue weighted by Crippen LogP contribution is 2.41. The lowest BCUT2D eigenvalue weighted by Crippen LogP contribution is -2.27. The van der Waals surface area contributed by atoms with Crippen LogP contribution in [-0.4, -0.2) is 35.9 Å². The van der Waals surface area contributed by atoms with Crippen molar-refractivity contribution in [1.29, 1.82) is 0 Å². The summed E-state index contributed by atoms with van der Waals surface area (Å²) in [7, 11) is 0. The van der Waals surface area contributed by atoms with Gasteiger partial charge in [-0.3, -0.25) is 14.5 Å². The lowest BCUT2D eigenvalue weighted by molar-refractivity contribution is 0.0990. The Morgan fingerprint density at radius 2 is 1.72 bits per heavy atom. The van der Waals surface area contributed by atoms with E-state index in [2.05, 4.69) is 10.3 Å². The molecule has 0 spiro atoms. The van der Waals surface area contributed by atoms with Crippen molar-refractivity contribution in [2.75, 3.05) is 22.9 Å². The molecular weight excluding hydrogens is 490 g/mol. The number of nitrogens with two attached hydrogens (primary N) is 1. The number of fused-ring (bicyclic) bond motifs is 4. The van der Waals surface area contributed by atoms with Gasteiger partial charge in [0, 0.05) is 46.3 Å². The second kappa shape index (κ2) is 8.46. The summed E-state index contributed by atoms with van der Waals surface area (Å²) < 4.78 is 0. The summed E-state index contributed by atoms with van der Waals surface area (Å²) in [4.78, 5) is 44.8. The second-order valence-electron chi connectivity index (χ2n) is 10.0. The molecule has 39 heavy (non-hydrogen) atoms. The predicted molar refractivity (Wildman–Crippen MR) is 152 cm³/mol. The third kappa shape index (κ3) is 3.41. The standard InChI is InChI=1S/C31H25N5O3/c1-17-20(7-4-8-26(17)36-16-18-5-2-3-6-21(18)30(36)38)22-11-12-24(29(32)37)28-27(22)23-10-9-19(15-25(23)34-28)35-14-13-33-31(35)39/h2-12,15,34H,13-14,16H2,1H3,(H2,32,37)(H,33,39). The zero-order valence-electron chi connectivity index (χ0n) is 21.2. The number of rotatable bonds is 4. The summed E-state index contributed by atoms with van der Waals surface area (Å²) in [6.07, 6.45) is 0. The van der Waals surface area contributed by atoms with Crippen LogP contribution in [0, 0.1) is 6.92 Å². The van der Waals surface area contributed by atoms with E-state index in [9.17, 15) is 14.4 Å². The number of aromatic nitrogens is 1. The quantitative estimate of drug-likeness (QED) is 0.310. The van der Waals surface area contributed by atoms with E-state index >= 15 is 0 Å². The maximum absolute atomic E-state index is 13.3.